The number of esters is 1. The van der Waals surface area contributed by atoms with E-state index in [1.807, 2.05) is 30.3 Å². The molecule has 1 amide bonds. The minimum Gasteiger partial charge on any atom is -0.465 e. The quantitative estimate of drug-likeness (QED) is 0.636. The lowest BCUT2D eigenvalue weighted by Gasteiger charge is -2.12. The molecule has 1 aliphatic heterocycles. The van der Waals surface area contributed by atoms with Crippen molar-refractivity contribution in [2.75, 3.05) is 12.1 Å². The summed E-state index contributed by atoms with van der Waals surface area (Å²) in [5.74, 6) is -1.11. The Balaban J connectivity index is 1.80. The molecule has 2 aromatic carbocycles. The van der Waals surface area contributed by atoms with Gasteiger partial charge in [-0.3, -0.25) is 9.79 Å². The van der Waals surface area contributed by atoms with E-state index in [4.69, 9.17) is 4.74 Å². The molecule has 6 nitrogen and oxygen atoms in total. The Morgan fingerprint density at radius 1 is 1.20 bits per heavy atom. The topological polar surface area (TPSA) is 71.3 Å². The molecule has 3 rings (SSSR count). The first-order valence-electron chi connectivity index (χ1n) is 7.77. The summed E-state index contributed by atoms with van der Waals surface area (Å²) in [4.78, 5) is 28.5. The SMILES string of the molecule is COC(=O)c1cccc(N=C[C@H]2C(=O)N(c3ccccc3)N=C2C)c1. The molecule has 6 heteroatoms. The first-order chi connectivity index (χ1) is 12.1. The molecule has 0 saturated carbocycles. The number of ether oxygens (including phenoxy) is 1. The van der Waals surface area contributed by atoms with Gasteiger partial charge in [-0.15, -0.1) is 0 Å². The number of methoxy groups -OCH3 is 1. The van der Waals surface area contributed by atoms with E-state index in [0.29, 0.717) is 17.0 Å². The normalized spacial score (nSPS) is 17.0. The molecular formula is C19H17N3O3. The zero-order chi connectivity index (χ0) is 17.8. The van der Waals surface area contributed by atoms with Crippen molar-refractivity contribution in [2.24, 2.45) is 16.0 Å². The monoisotopic (exact) mass is 335 g/mol. The highest BCUT2D eigenvalue weighted by atomic mass is 16.5. The molecule has 2 aromatic rings. The summed E-state index contributed by atoms with van der Waals surface area (Å²) in [6, 6.07) is 16.0. The largest absolute Gasteiger partial charge is 0.465 e. The van der Waals surface area contributed by atoms with Crippen LogP contribution in [0.1, 0.15) is 17.3 Å². The average molecular weight is 335 g/mol. The van der Waals surface area contributed by atoms with Crippen LogP contribution in [-0.4, -0.2) is 30.9 Å². The molecule has 0 unspecified atom stereocenters. The van der Waals surface area contributed by atoms with Crippen LogP contribution in [-0.2, 0) is 9.53 Å². The maximum atomic E-state index is 12.6. The number of rotatable bonds is 4. The van der Waals surface area contributed by atoms with Crippen molar-refractivity contribution in [3.05, 3.63) is 60.2 Å². The summed E-state index contributed by atoms with van der Waals surface area (Å²) in [5, 5.41) is 5.71. The van der Waals surface area contributed by atoms with Crippen LogP contribution in [0.2, 0.25) is 0 Å². The molecule has 0 aliphatic carbocycles. The predicted octanol–water partition coefficient (Wildman–Crippen LogP) is 3.21. The Morgan fingerprint density at radius 2 is 1.96 bits per heavy atom. The zero-order valence-electron chi connectivity index (χ0n) is 13.9. The maximum Gasteiger partial charge on any atom is 0.337 e. The van der Waals surface area contributed by atoms with E-state index in [1.165, 1.54) is 12.1 Å². The van der Waals surface area contributed by atoms with Crippen molar-refractivity contribution in [3.63, 3.8) is 0 Å². The second-order valence-corrected chi connectivity index (χ2v) is 5.52. The number of hydrazone groups is 1. The van der Waals surface area contributed by atoms with Gasteiger partial charge >= 0.3 is 5.97 Å². The summed E-state index contributed by atoms with van der Waals surface area (Å²) in [7, 11) is 1.33. The van der Waals surface area contributed by atoms with Gasteiger partial charge in [0.15, 0.2) is 0 Å². The number of hydrogen-bond acceptors (Lipinski definition) is 5. The maximum absolute atomic E-state index is 12.6. The van der Waals surface area contributed by atoms with E-state index in [9.17, 15) is 9.59 Å². The Kier molecular flexibility index (Phi) is 4.70. The molecule has 0 spiro atoms. The molecular weight excluding hydrogens is 318 g/mol. The van der Waals surface area contributed by atoms with Crippen LogP contribution in [0.5, 0.6) is 0 Å². The fourth-order valence-electron chi connectivity index (χ4n) is 2.50. The molecule has 0 aromatic heterocycles. The highest BCUT2D eigenvalue weighted by molar-refractivity contribution is 6.23. The number of para-hydroxylation sites is 1. The van der Waals surface area contributed by atoms with Crippen molar-refractivity contribution in [1.29, 1.82) is 0 Å². The van der Waals surface area contributed by atoms with Gasteiger partial charge in [0.1, 0.15) is 5.92 Å². The number of carbonyl (C=O) groups excluding carboxylic acids is 2. The number of anilines is 1. The van der Waals surface area contributed by atoms with Crippen LogP contribution >= 0.6 is 0 Å². The molecule has 0 N–H and O–H groups in total. The molecule has 0 fully saturated rings. The smallest absolute Gasteiger partial charge is 0.337 e. The van der Waals surface area contributed by atoms with E-state index in [1.54, 1.807) is 37.4 Å². The third-order valence-electron chi connectivity index (χ3n) is 3.82. The summed E-state index contributed by atoms with van der Waals surface area (Å²) in [6.45, 7) is 1.79. The molecule has 1 atom stereocenters. The van der Waals surface area contributed by atoms with Gasteiger partial charge in [-0.1, -0.05) is 24.3 Å². The Hall–Kier alpha value is -3.28. The number of benzene rings is 2. The second kappa shape index (κ2) is 7.09. The molecule has 25 heavy (non-hydrogen) atoms. The van der Waals surface area contributed by atoms with Gasteiger partial charge in [-0.25, -0.2) is 4.79 Å². The fourth-order valence-corrected chi connectivity index (χ4v) is 2.50. The number of hydrogen-bond donors (Lipinski definition) is 0. The third-order valence-corrected chi connectivity index (χ3v) is 3.82. The second-order valence-electron chi connectivity index (χ2n) is 5.52. The zero-order valence-corrected chi connectivity index (χ0v) is 13.9. The lowest BCUT2D eigenvalue weighted by atomic mass is 10.1. The minimum atomic E-state index is -0.526. The van der Waals surface area contributed by atoms with Gasteiger partial charge < -0.3 is 4.74 Å². The number of amides is 1. The number of nitrogens with zero attached hydrogens (tertiary/aromatic N) is 3. The summed E-state index contributed by atoms with van der Waals surface area (Å²) >= 11 is 0. The predicted molar refractivity (Wildman–Crippen MR) is 96.5 cm³/mol. The standard InChI is InChI=1S/C19H17N3O3/c1-13-17(18(23)22(21-13)16-9-4-3-5-10-16)12-20-15-8-6-7-14(11-15)19(24)25-2/h3-12,17H,1-2H3/t17-/m1/s1. The Bertz CT molecular complexity index is 859. The van der Waals surface area contributed by atoms with E-state index >= 15 is 0 Å². The van der Waals surface area contributed by atoms with Crippen molar-refractivity contribution >= 4 is 35.2 Å². The molecule has 1 heterocycles. The van der Waals surface area contributed by atoms with E-state index in [0.717, 1.165) is 5.69 Å². The van der Waals surface area contributed by atoms with Gasteiger partial charge in [-0.05, 0) is 37.3 Å². The summed E-state index contributed by atoms with van der Waals surface area (Å²) in [6.07, 6.45) is 1.56. The van der Waals surface area contributed by atoms with Crippen LogP contribution in [0.4, 0.5) is 11.4 Å². The highest BCUT2D eigenvalue weighted by Crippen LogP contribution is 2.23. The summed E-state index contributed by atoms with van der Waals surface area (Å²) < 4.78 is 4.70. The van der Waals surface area contributed by atoms with Crippen LogP contribution in [0.15, 0.2) is 64.7 Å². The van der Waals surface area contributed by atoms with E-state index < -0.39 is 11.9 Å². The number of carbonyl (C=O) groups is 2. The minimum absolute atomic E-state index is 0.156. The lowest BCUT2D eigenvalue weighted by Crippen LogP contribution is -2.27. The molecule has 1 aliphatic rings. The lowest BCUT2D eigenvalue weighted by molar-refractivity contribution is -0.118. The Morgan fingerprint density at radius 3 is 2.68 bits per heavy atom. The third kappa shape index (κ3) is 3.47. The van der Waals surface area contributed by atoms with Crippen LogP contribution in [0, 0.1) is 5.92 Å². The van der Waals surface area contributed by atoms with Gasteiger partial charge in [0.2, 0.25) is 0 Å². The van der Waals surface area contributed by atoms with Gasteiger partial charge in [0.05, 0.1) is 29.8 Å². The van der Waals surface area contributed by atoms with E-state index in [2.05, 4.69) is 10.1 Å². The highest BCUT2D eigenvalue weighted by Gasteiger charge is 2.33. The van der Waals surface area contributed by atoms with Crippen LogP contribution in [0.25, 0.3) is 0 Å². The van der Waals surface area contributed by atoms with Gasteiger partial charge in [0, 0.05) is 6.21 Å². The van der Waals surface area contributed by atoms with Gasteiger partial charge in [-0.2, -0.15) is 10.1 Å². The van der Waals surface area contributed by atoms with Gasteiger partial charge in [0.25, 0.3) is 5.91 Å². The first-order valence-corrected chi connectivity index (χ1v) is 7.77. The molecule has 0 radical (unpaired) electrons. The van der Waals surface area contributed by atoms with Crippen molar-refractivity contribution in [3.8, 4) is 0 Å². The molecule has 0 saturated heterocycles. The van der Waals surface area contributed by atoms with Crippen molar-refractivity contribution < 1.29 is 14.3 Å². The van der Waals surface area contributed by atoms with E-state index in [-0.39, 0.29) is 5.91 Å². The number of aliphatic imine (C=N–C) groups is 1. The van der Waals surface area contributed by atoms with Crippen LogP contribution in [0.3, 0.4) is 0 Å². The Labute approximate surface area is 145 Å². The average Bonchev–Trinajstić information content (AvgIpc) is 2.94. The van der Waals surface area contributed by atoms with Crippen molar-refractivity contribution in [2.45, 2.75) is 6.92 Å². The van der Waals surface area contributed by atoms with Crippen molar-refractivity contribution in [1.82, 2.24) is 0 Å². The fraction of sp³-hybridized carbons (Fsp3) is 0.158. The molecule has 126 valence electrons. The first kappa shape index (κ1) is 16.6. The molecule has 0 bridgehead atoms. The summed E-state index contributed by atoms with van der Waals surface area (Å²) in [5.41, 5.74) is 2.37. The van der Waals surface area contributed by atoms with Crippen LogP contribution < -0.4 is 5.01 Å².